The van der Waals surface area contributed by atoms with Gasteiger partial charge in [0.25, 0.3) is 0 Å². The third-order valence-electron chi connectivity index (χ3n) is 4.22. The molecule has 1 aliphatic heterocycles. The Morgan fingerprint density at radius 3 is 2.89 bits per heavy atom. The molecule has 0 aromatic heterocycles. The van der Waals surface area contributed by atoms with E-state index in [9.17, 15) is 0 Å². The predicted molar refractivity (Wildman–Crippen MR) is 72.6 cm³/mol. The molecular weight excluding hydrogens is 224 g/mol. The van der Waals surface area contributed by atoms with Crippen LogP contribution in [-0.4, -0.2) is 31.1 Å². The van der Waals surface area contributed by atoms with Gasteiger partial charge in [0.05, 0.1) is 0 Å². The van der Waals surface area contributed by atoms with Gasteiger partial charge >= 0.3 is 0 Å². The maximum Gasteiger partial charge on any atom is 0.123 e. The Bertz CT molecular complexity index is 415. The van der Waals surface area contributed by atoms with Crippen molar-refractivity contribution >= 4 is 0 Å². The standard InChI is InChI=1S/C15H22N2O/c16-8-7-15(5-6-15)12-17-9-10-18-14-4-2-1-3-13(14)11-17/h1-4H,5-12,16H2. The molecule has 18 heavy (non-hydrogen) atoms. The lowest BCUT2D eigenvalue weighted by atomic mass is 10.0. The number of ether oxygens (including phenoxy) is 1. The number of benzene rings is 1. The van der Waals surface area contributed by atoms with Gasteiger partial charge in [0.1, 0.15) is 12.4 Å². The van der Waals surface area contributed by atoms with E-state index in [-0.39, 0.29) is 0 Å². The Balaban J connectivity index is 1.68. The van der Waals surface area contributed by atoms with Crippen LogP contribution in [0.3, 0.4) is 0 Å². The van der Waals surface area contributed by atoms with Crippen molar-refractivity contribution in [3.8, 4) is 5.75 Å². The number of nitrogens with two attached hydrogens (primary N) is 1. The van der Waals surface area contributed by atoms with Gasteiger partial charge in [0.2, 0.25) is 0 Å². The van der Waals surface area contributed by atoms with Crippen molar-refractivity contribution in [3.63, 3.8) is 0 Å². The Labute approximate surface area is 109 Å². The van der Waals surface area contributed by atoms with Crippen molar-refractivity contribution in [1.29, 1.82) is 0 Å². The van der Waals surface area contributed by atoms with Crippen molar-refractivity contribution in [2.24, 2.45) is 11.1 Å². The first kappa shape index (κ1) is 12.0. The molecule has 2 N–H and O–H groups in total. The molecule has 1 heterocycles. The number of hydrogen-bond acceptors (Lipinski definition) is 3. The minimum Gasteiger partial charge on any atom is -0.492 e. The number of para-hydroxylation sites is 1. The highest BCUT2D eigenvalue weighted by Gasteiger charge is 2.42. The highest BCUT2D eigenvalue weighted by Crippen LogP contribution is 2.49. The first-order chi connectivity index (χ1) is 8.81. The fraction of sp³-hybridized carbons (Fsp3) is 0.600. The molecule has 2 aliphatic rings. The van der Waals surface area contributed by atoms with Gasteiger partial charge in [0.15, 0.2) is 0 Å². The number of hydrogen-bond donors (Lipinski definition) is 1. The van der Waals surface area contributed by atoms with E-state index < -0.39 is 0 Å². The van der Waals surface area contributed by atoms with E-state index in [0.29, 0.717) is 5.41 Å². The van der Waals surface area contributed by atoms with Crippen LogP contribution in [0.15, 0.2) is 24.3 Å². The van der Waals surface area contributed by atoms with Crippen molar-refractivity contribution < 1.29 is 4.74 Å². The second-order valence-electron chi connectivity index (χ2n) is 5.71. The highest BCUT2D eigenvalue weighted by atomic mass is 16.5. The van der Waals surface area contributed by atoms with Gasteiger partial charge in [0, 0.05) is 25.2 Å². The van der Waals surface area contributed by atoms with Crippen molar-refractivity contribution in [2.75, 3.05) is 26.2 Å². The molecule has 0 spiro atoms. The molecule has 1 aromatic carbocycles. The molecule has 3 rings (SSSR count). The first-order valence-electron chi connectivity index (χ1n) is 6.94. The van der Waals surface area contributed by atoms with E-state index in [2.05, 4.69) is 23.1 Å². The summed E-state index contributed by atoms with van der Waals surface area (Å²) in [4.78, 5) is 2.54. The third kappa shape index (κ3) is 2.52. The molecule has 0 atom stereocenters. The summed E-state index contributed by atoms with van der Waals surface area (Å²) in [5.41, 5.74) is 7.56. The molecule has 1 fully saturated rings. The Kier molecular flexibility index (Phi) is 3.27. The average molecular weight is 246 g/mol. The molecule has 0 bridgehead atoms. The van der Waals surface area contributed by atoms with Crippen LogP contribution in [0.1, 0.15) is 24.8 Å². The lowest BCUT2D eigenvalue weighted by Gasteiger charge is -2.25. The minimum atomic E-state index is 0.522. The van der Waals surface area contributed by atoms with Crippen molar-refractivity contribution in [1.82, 2.24) is 4.90 Å². The SMILES string of the molecule is NCCC1(CN2CCOc3ccccc3C2)CC1. The Morgan fingerprint density at radius 1 is 1.28 bits per heavy atom. The maximum atomic E-state index is 5.81. The van der Waals surface area contributed by atoms with Gasteiger partial charge in [-0.25, -0.2) is 0 Å². The highest BCUT2D eigenvalue weighted by molar-refractivity contribution is 5.33. The molecule has 0 radical (unpaired) electrons. The fourth-order valence-corrected chi connectivity index (χ4v) is 2.96. The Hall–Kier alpha value is -1.06. The van der Waals surface area contributed by atoms with Gasteiger partial charge < -0.3 is 10.5 Å². The molecule has 0 unspecified atom stereocenters. The van der Waals surface area contributed by atoms with Crippen molar-refractivity contribution in [2.45, 2.75) is 25.8 Å². The van der Waals surface area contributed by atoms with E-state index in [1.54, 1.807) is 0 Å². The lowest BCUT2D eigenvalue weighted by molar-refractivity contribution is 0.186. The predicted octanol–water partition coefficient (Wildman–Crippen LogP) is 2.01. The summed E-state index contributed by atoms with van der Waals surface area (Å²) in [6, 6.07) is 8.39. The third-order valence-corrected chi connectivity index (χ3v) is 4.22. The molecule has 0 amide bonds. The summed E-state index contributed by atoms with van der Waals surface area (Å²) < 4.78 is 5.81. The van der Waals surface area contributed by atoms with Gasteiger partial charge in [-0.2, -0.15) is 0 Å². The zero-order chi connectivity index (χ0) is 12.4. The minimum absolute atomic E-state index is 0.522. The van der Waals surface area contributed by atoms with Crippen molar-refractivity contribution in [3.05, 3.63) is 29.8 Å². The van der Waals surface area contributed by atoms with Gasteiger partial charge in [-0.15, -0.1) is 0 Å². The molecular formula is C15H22N2O. The second kappa shape index (κ2) is 4.90. The molecule has 3 nitrogen and oxygen atoms in total. The summed E-state index contributed by atoms with van der Waals surface area (Å²) >= 11 is 0. The van der Waals surface area contributed by atoms with Crippen LogP contribution in [0.5, 0.6) is 5.75 Å². The molecule has 1 aliphatic carbocycles. The topological polar surface area (TPSA) is 38.5 Å². The van der Waals surface area contributed by atoms with Crippen LogP contribution in [0.2, 0.25) is 0 Å². The normalized spacial score (nSPS) is 21.8. The van der Waals surface area contributed by atoms with Crippen LogP contribution in [0.4, 0.5) is 0 Å². The van der Waals surface area contributed by atoms with Crippen LogP contribution < -0.4 is 10.5 Å². The van der Waals surface area contributed by atoms with Crippen LogP contribution >= 0.6 is 0 Å². The average Bonchev–Trinajstić information content (AvgIpc) is 3.13. The van der Waals surface area contributed by atoms with Gasteiger partial charge in [-0.05, 0) is 37.3 Å². The summed E-state index contributed by atoms with van der Waals surface area (Å²) in [5, 5.41) is 0. The first-order valence-corrected chi connectivity index (χ1v) is 6.94. The quantitative estimate of drug-likeness (QED) is 0.883. The number of rotatable bonds is 4. The second-order valence-corrected chi connectivity index (χ2v) is 5.71. The largest absolute Gasteiger partial charge is 0.492 e. The van der Waals surface area contributed by atoms with Gasteiger partial charge in [-0.1, -0.05) is 18.2 Å². The number of fused-ring (bicyclic) bond motifs is 1. The molecule has 1 aromatic rings. The number of nitrogens with zero attached hydrogens (tertiary/aromatic N) is 1. The van der Waals surface area contributed by atoms with E-state index >= 15 is 0 Å². The summed E-state index contributed by atoms with van der Waals surface area (Å²) in [6.07, 6.45) is 3.87. The monoisotopic (exact) mass is 246 g/mol. The van der Waals surface area contributed by atoms with E-state index in [0.717, 1.165) is 32.0 Å². The fourth-order valence-electron chi connectivity index (χ4n) is 2.96. The van der Waals surface area contributed by atoms with Crippen LogP contribution in [0.25, 0.3) is 0 Å². The smallest absolute Gasteiger partial charge is 0.123 e. The zero-order valence-corrected chi connectivity index (χ0v) is 10.9. The maximum absolute atomic E-state index is 5.81. The zero-order valence-electron chi connectivity index (χ0n) is 10.9. The van der Waals surface area contributed by atoms with E-state index in [4.69, 9.17) is 10.5 Å². The lowest BCUT2D eigenvalue weighted by Crippen LogP contribution is -2.32. The van der Waals surface area contributed by atoms with Crippen LogP contribution in [-0.2, 0) is 6.54 Å². The Morgan fingerprint density at radius 2 is 2.11 bits per heavy atom. The molecule has 0 saturated heterocycles. The molecule has 98 valence electrons. The summed E-state index contributed by atoms with van der Waals surface area (Å²) in [6.45, 7) is 4.85. The van der Waals surface area contributed by atoms with Gasteiger partial charge in [-0.3, -0.25) is 4.90 Å². The van der Waals surface area contributed by atoms with E-state index in [1.165, 1.54) is 31.4 Å². The van der Waals surface area contributed by atoms with Crippen LogP contribution in [0, 0.1) is 5.41 Å². The summed E-state index contributed by atoms with van der Waals surface area (Å²) in [5.74, 6) is 1.06. The molecule has 3 heteroatoms. The molecule has 1 saturated carbocycles. The summed E-state index contributed by atoms with van der Waals surface area (Å²) in [7, 11) is 0. The van der Waals surface area contributed by atoms with E-state index in [1.807, 2.05) is 6.07 Å².